The molecule has 0 radical (unpaired) electrons. The first-order valence-corrected chi connectivity index (χ1v) is 11.7. The molecule has 1 unspecified atom stereocenters. The molecule has 0 aliphatic carbocycles. The van der Waals surface area contributed by atoms with Crippen LogP contribution in [-0.2, 0) is 26.6 Å². The fraction of sp³-hybridized carbons (Fsp3) is 0.444. The Kier molecular flexibility index (Phi) is 7.38. The second kappa shape index (κ2) is 10.4. The molecular formula is C27H35FN4. The van der Waals surface area contributed by atoms with Gasteiger partial charge < -0.3 is 0 Å². The number of aromatic nitrogens is 2. The normalized spacial score (nSPS) is 16.5. The lowest BCUT2D eigenvalue weighted by molar-refractivity contribution is 0.0948. The van der Waals surface area contributed by atoms with Crippen LogP contribution in [0.3, 0.4) is 0 Å². The van der Waals surface area contributed by atoms with Crippen LogP contribution >= 0.6 is 0 Å². The first-order valence-electron chi connectivity index (χ1n) is 11.7. The molecular weight excluding hydrogens is 399 g/mol. The predicted molar refractivity (Wildman–Crippen MR) is 128 cm³/mol. The molecule has 2 aromatic carbocycles. The van der Waals surface area contributed by atoms with Crippen LogP contribution in [0.1, 0.15) is 35.2 Å². The molecule has 4 nitrogen and oxygen atoms in total. The molecule has 0 N–H and O–H groups in total. The number of halogens is 1. The van der Waals surface area contributed by atoms with E-state index in [4.69, 9.17) is 0 Å². The summed E-state index contributed by atoms with van der Waals surface area (Å²) in [7, 11) is 4.16. The Bertz CT molecular complexity index is 992. The topological polar surface area (TPSA) is 24.3 Å². The van der Waals surface area contributed by atoms with E-state index in [2.05, 4.69) is 65.4 Å². The minimum Gasteiger partial charge on any atom is -0.299 e. The number of piperidine rings is 1. The van der Waals surface area contributed by atoms with E-state index >= 15 is 0 Å². The average molecular weight is 435 g/mol. The zero-order valence-electron chi connectivity index (χ0n) is 19.5. The van der Waals surface area contributed by atoms with Crippen molar-refractivity contribution in [1.29, 1.82) is 0 Å². The van der Waals surface area contributed by atoms with Crippen molar-refractivity contribution in [3.63, 3.8) is 0 Å². The molecule has 0 saturated carbocycles. The van der Waals surface area contributed by atoms with Crippen LogP contribution in [0, 0.1) is 18.7 Å². The van der Waals surface area contributed by atoms with Crippen LogP contribution in [0.25, 0.3) is 0 Å². The molecule has 32 heavy (non-hydrogen) atoms. The van der Waals surface area contributed by atoms with E-state index < -0.39 is 0 Å². The van der Waals surface area contributed by atoms with Gasteiger partial charge in [-0.1, -0.05) is 48.5 Å². The minimum absolute atomic E-state index is 0.0926. The van der Waals surface area contributed by atoms with Gasteiger partial charge in [0.15, 0.2) is 0 Å². The first-order chi connectivity index (χ1) is 15.5. The Morgan fingerprint density at radius 1 is 1.03 bits per heavy atom. The van der Waals surface area contributed by atoms with Crippen LogP contribution in [0.15, 0.2) is 60.8 Å². The summed E-state index contributed by atoms with van der Waals surface area (Å²) in [6.07, 6.45) is 5.13. The van der Waals surface area contributed by atoms with Crippen LogP contribution in [0.5, 0.6) is 0 Å². The van der Waals surface area contributed by atoms with Gasteiger partial charge in [0.1, 0.15) is 5.82 Å². The van der Waals surface area contributed by atoms with Crippen molar-refractivity contribution in [3.8, 4) is 0 Å². The third-order valence-electron chi connectivity index (χ3n) is 6.91. The van der Waals surface area contributed by atoms with Crippen LogP contribution in [-0.4, -0.2) is 45.8 Å². The molecule has 5 heteroatoms. The smallest absolute Gasteiger partial charge is 0.126 e. The molecule has 1 aliphatic rings. The van der Waals surface area contributed by atoms with Crippen LogP contribution in [0.4, 0.5) is 4.39 Å². The van der Waals surface area contributed by atoms with Gasteiger partial charge in [-0.05, 0) is 69.4 Å². The minimum atomic E-state index is -0.0926. The molecule has 3 aromatic rings. The number of likely N-dealkylation sites (tertiary alicyclic amines) is 1. The van der Waals surface area contributed by atoms with Crippen molar-refractivity contribution >= 4 is 0 Å². The third kappa shape index (κ3) is 5.64. The fourth-order valence-corrected chi connectivity index (χ4v) is 5.10. The van der Waals surface area contributed by atoms with Gasteiger partial charge in [0.25, 0.3) is 0 Å². The second-order valence-corrected chi connectivity index (χ2v) is 9.29. The maximum atomic E-state index is 14.5. The molecule has 170 valence electrons. The maximum absolute atomic E-state index is 14.5. The van der Waals surface area contributed by atoms with E-state index in [1.165, 1.54) is 11.1 Å². The summed E-state index contributed by atoms with van der Waals surface area (Å²) in [5, 5.41) is 4.51. The number of hydrogen-bond donors (Lipinski definition) is 0. The van der Waals surface area contributed by atoms with Crippen molar-refractivity contribution in [2.45, 2.75) is 45.3 Å². The van der Waals surface area contributed by atoms with E-state index in [1.807, 2.05) is 23.9 Å². The Morgan fingerprint density at radius 2 is 1.72 bits per heavy atom. The lowest BCUT2D eigenvalue weighted by Gasteiger charge is -2.40. The Balaban J connectivity index is 1.46. The molecule has 1 saturated heterocycles. The van der Waals surface area contributed by atoms with E-state index in [1.54, 1.807) is 12.1 Å². The lowest BCUT2D eigenvalue weighted by atomic mass is 9.84. The van der Waals surface area contributed by atoms with Crippen LogP contribution in [0.2, 0.25) is 0 Å². The van der Waals surface area contributed by atoms with Crippen molar-refractivity contribution in [1.82, 2.24) is 19.6 Å². The van der Waals surface area contributed by atoms with Gasteiger partial charge in [-0.15, -0.1) is 0 Å². The largest absolute Gasteiger partial charge is 0.299 e. The second-order valence-electron chi connectivity index (χ2n) is 9.29. The SMILES string of the molecule is Cc1nn(C)cc1CN(C)C(Cc1ccccc1F)C1CCN(Cc2ccccc2)CC1. The highest BCUT2D eigenvalue weighted by Gasteiger charge is 2.30. The van der Waals surface area contributed by atoms with E-state index in [0.29, 0.717) is 12.0 Å². The molecule has 0 spiro atoms. The summed E-state index contributed by atoms with van der Waals surface area (Å²) in [4.78, 5) is 4.98. The molecule has 2 heterocycles. The van der Waals surface area contributed by atoms with Gasteiger partial charge in [-0.3, -0.25) is 14.5 Å². The van der Waals surface area contributed by atoms with E-state index in [9.17, 15) is 4.39 Å². The summed E-state index contributed by atoms with van der Waals surface area (Å²) in [5.74, 6) is 0.452. The number of nitrogens with zero attached hydrogens (tertiary/aromatic N) is 4. The molecule has 1 aliphatic heterocycles. The molecule has 1 fully saturated rings. The van der Waals surface area contributed by atoms with E-state index in [0.717, 1.165) is 56.7 Å². The standard InChI is InChI=1S/C27H35FN4/c1-21-25(20-31(3)29-21)19-30(2)27(17-24-11-7-8-12-26(24)28)23-13-15-32(16-14-23)18-22-9-5-4-6-10-22/h4-12,20,23,27H,13-19H2,1-3H3. The lowest BCUT2D eigenvalue weighted by Crippen LogP contribution is -2.45. The van der Waals surface area contributed by atoms with Gasteiger partial charge in [0.05, 0.1) is 5.69 Å². The Hall–Kier alpha value is -2.50. The van der Waals surface area contributed by atoms with Gasteiger partial charge >= 0.3 is 0 Å². The Labute approximate surface area is 191 Å². The summed E-state index contributed by atoms with van der Waals surface area (Å²) in [5.41, 5.74) is 4.51. The molecule has 1 atom stereocenters. The first kappa shape index (κ1) is 22.7. The van der Waals surface area contributed by atoms with E-state index in [-0.39, 0.29) is 5.82 Å². The molecule has 0 amide bonds. The fourth-order valence-electron chi connectivity index (χ4n) is 5.10. The zero-order chi connectivity index (χ0) is 22.5. The number of aryl methyl sites for hydroxylation is 2. The maximum Gasteiger partial charge on any atom is 0.126 e. The number of hydrogen-bond acceptors (Lipinski definition) is 3. The monoisotopic (exact) mass is 434 g/mol. The van der Waals surface area contributed by atoms with Crippen molar-refractivity contribution < 1.29 is 4.39 Å². The number of benzene rings is 2. The summed E-state index contributed by atoms with van der Waals surface area (Å²) < 4.78 is 16.4. The summed E-state index contributed by atoms with van der Waals surface area (Å²) in [6.45, 7) is 6.09. The summed E-state index contributed by atoms with van der Waals surface area (Å²) >= 11 is 0. The van der Waals surface area contributed by atoms with Gasteiger partial charge in [-0.25, -0.2) is 4.39 Å². The van der Waals surface area contributed by atoms with Crippen molar-refractivity contribution in [2.24, 2.45) is 13.0 Å². The molecule has 1 aromatic heterocycles. The number of likely N-dealkylation sites (N-methyl/N-ethyl adjacent to an activating group) is 1. The highest BCUT2D eigenvalue weighted by atomic mass is 19.1. The average Bonchev–Trinajstić information content (AvgIpc) is 3.11. The quantitative estimate of drug-likeness (QED) is 0.508. The zero-order valence-corrected chi connectivity index (χ0v) is 19.5. The van der Waals surface area contributed by atoms with Crippen molar-refractivity contribution in [3.05, 3.63) is 89.0 Å². The predicted octanol–water partition coefficient (Wildman–Crippen LogP) is 4.82. The summed E-state index contributed by atoms with van der Waals surface area (Å²) in [6, 6.07) is 18.3. The molecule has 0 bridgehead atoms. The van der Waals surface area contributed by atoms with Gasteiger partial charge in [0.2, 0.25) is 0 Å². The number of rotatable bonds is 8. The molecule has 4 rings (SSSR count). The van der Waals surface area contributed by atoms with Gasteiger partial charge in [-0.2, -0.15) is 5.10 Å². The van der Waals surface area contributed by atoms with Gasteiger partial charge in [0, 0.05) is 37.9 Å². The third-order valence-corrected chi connectivity index (χ3v) is 6.91. The van der Waals surface area contributed by atoms with Crippen LogP contribution < -0.4 is 0 Å². The highest BCUT2D eigenvalue weighted by molar-refractivity contribution is 5.20. The van der Waals surface area contributed by atoms with Crippen molar-refractivity contribution in [2.75, 3.05) is 20.1 Å². The highest BCUT2D eigenvalue weighted by Crippen LogP contribution is 2.29. The Morgan fingerprint density at radius 3 is 2.38 bits per heavy atom.